The third kappa shape index (κ3) is 2.79. The van der Waals surface area contributed by atoms with E-state index in [0.717, 1.165) is 12.1 Å². The van der Waals surface area contributed by atoms with Crippen LogP contribution in [-0.2, 0) is 6.61 Å². The van der Waals surface area contributed by atoms with Crippen molar-refractivity contribution in [3.63, 3.8) is 0 Å². The van der Waals surface area contributed by atoms with Crippen LogP contribution in [0, 0.1) is 16.5 Å². The Morgan fingerprint density at radius 1 is 1.16 bits per heavy atom. The quantitative estimate of drug-likeness (QED) is 0.863. The van der Waals surface area contributed by atoms with E-state index < -0.39 is 17.7 Å². The molecular weight excluding hydrogens is 254 g/mol. The average Bonchev–Trinajstić information content (AvgIpc) is 2.44. The molecule has 2 aromatic rings. The van der Waals surface area contributed by atoms with Crippen LogP contribution in [0.4, 0.5) is 8.78 Å². The molecule has 0 aliphatic carbocycles. The van der Waals surface area contributed by atoms with Gasteiger partial charge in [0.2, 0.25) is 0 Å². The van der Waals surface area contributed by atoms with Crippen LogP contribution in [-0.4, -0.2) is 10.1 Å². The molecule has 1 aromatic carbocycles. The summed E-state index contributed by atoms with van der Waals surface area (Å²) in [6.07, 6.45) is 1.37. The molecule has 0 saturated carbocycles. The third-order valence-electron chi connectivity index (χ3n) is 2.69. The Hall–Kier alpha value is -2.21. The maximum atomic E-state index is 13.1. The number of pyridine rings is 1. The van der Waals surface area contributed by atoms with Crippen molar-refractivity contribution in [2.24, 2.45) is 5.18 Å². The van der Waals surface area contributed by atoms with E-state index in [1.54, 1.807) is 6.07 Å². The lowest BCUT2D eigenvalue weighted by Crippen LogP contribution is -2.01. The van der Waals surface area contributed by atoms with Gasteiger partial charge in [0.1, 0.15) is 6.04 Å². The molecule has 2 rings (SSSR count). The van der Waals surface area contributed by atoms with Crippen LogP contribution in [0.3, 0.4) is 0 Å². The van der Waals surface area contributed by atoms with Crippen LogP contribution in [0.1, 0.15) is 22.9 Å². The standard InChI is InChI=1S/C13H10F2N2O2/c14-11-4-2-8(5-12(11)15)13(17-19)9-1-3-10(7-18)16-6-9/h1-6,13,18H,7H2. The molecule has 0 bridgehead atoms. The maximum Gasteiger partial charge on any atom is 0.159 e. The van der Waals surface area contributed by atoms with Crippen LogP contribution in [0.2, 0.25) is 0 Å². The largest absolute Gasteiger partial charge is 0.390 e. The van der Waals surface area contributed by atoms with Crippen molar-refractivity contribution in [3.05, 3.63) is 69.9 Å². The second kappa shape index (κ2) is 5.62. The summed E-state index contributed by atoms with van der Waals surface area (Å²) in [7, 11) is 0. The number of hydrogen-bond donors (Lipinski definition) is 1. The number of benzene rings is 1. The Kier molecular flexibility index (Phi) is 3.91. The highest BCUT2D eigenvalue weighted by molar-refractivity contribution is 5.31. The number of aliphatic hydroxyl groups excluding tert-OH is 1. The first kappa shape index (κ1) is 13.2. The van der Waals surface area contributed by atoms with Crippen LogP contribution in [0.25, 0.3) is 0 Å². The Bertz CT molecular complexity index is 588. The first-order chi connectivity index (χ1) is 9.15. The van der Waals surface area contributed by atoms with Gasteiger partial charge in [-0.3, -0.25) is 4.98 Å². The number of aliphatic hydroxyl groups is 1. The van der Waals surface area contributed by atoms with Gasteiger partial charge >= 0.3 is 0 Å². The normalized spacial score (nSPS) is 12.2. The maximum absolute atomic E-state index is 13.1. The van der Waals surface area contributed by atoms with Crippen LogP contribution >= 0.6 is 0 Å². The zero-order chi connectivity index (χ0) is 13.8. The molecule has 19 heavy (non-hydrogen) atoms. The van der Waals surface area contributed by atoms with E-state index in [4.69, 9.17) is 5.11 Å². The first-order valence-electron chi connectivity index (χ1n) is 5.49. The summed E-state index contributed by atoms with van der Waals surface area (Å²) >= 11 is 0. The zero-order valence-corrected chi connectivity index (χ0v) is 9.75. The van der Waals surface area contributed by atoms with E-state index in [2.05, 4.69) is 10.2 Å². The molecule has 0 aliphatic heterocycles. The van der Waals surface area contributed by atoms with E-state index in [-0.39, 0.29) is 12.2 Å². The minimum atomic E-state index is -1.04. The van der Waals surface area contributed by atoms with E-state index in [1.165, 1.54) is 18.3 Å². The Labute approximate surface area is 107 Å². The van der Waals surface area contributed by atoms with Gasteiger partial charge in [-0.2, -0.15) is 0 Å². The summed E-state index contributed by atoms with van der Waals surface area (Å²) in [5, 5.41) is 11.8. The highest BCUT2D eigenvalue weighted by atomic mass is 19.2. The number of nitrogens with zero attached hydrogens (tertiary/aromatic N) is 2. The monoisotopic (exact) mass is 264 g/mol. The highest BCUT2D eigenvalue weighted by Gasteiger charge is 2.17. The summed E-state index contributed by atoms with van der Waals surface area (Å²) in [4.78, 5) is 14.8. The SMILES string of the molecule is O=NC(c1ccc(CO)nc1)c1ccc(F)c(F)c1. The summed E-state index contributed by atoms with van der Waals surface area (Å²) in [6, 6.07) is 5.30. The van der Waals surface area contributed by atoms with E-state index in [9.17, 15) is 13.7 Å². The summed E-state index contributed by atoms with van der Waals surface area (Å²) < 4.78 is 26.0. The molecule has 0 amide bonds. The molecule has 4 nitrogen and oxygen atoms in total. The molecule has 1 atom stereocenters. The van der Waals surface area contributed by atoms with Crippen molar-refractivity contribution < 1.29 is 13.9 Å². The summed E-state index contributed by atoms with van der Waals surface area (Å²) in [6.45, 7) is -0.218. The fourth-order valence-electron chi connectivity index (χ4n) is 1.69. The van der Waals surface area contributed by atoms with Crippen LogP contribution in [0.5, 0.6) is 0 Å². The second-order valence-corrected chi connectivity index (χ2v) is 3.92. The molecule has 1 aromatic heterocycles. The molecular formula is C13H10F2N2O2. The predicted molar refractivity (Wildman–Crippen MR) is 64.2 cm³/mol. The minimum Gasteiger partial charge on any atom is -0.390 e. The lowest BCUT2D eigenvalue weighted by molar-refractivity contribution is 0.277. The van der Waals surface area contributed by atoms with Crippen molar-refractivity contribution in [2.75, 3.05) is 0 Å². The Morgan fingerprint density at radius 3 is 2.42 bits per heavy atom. The number of rotatable bonds is 4. The molecule has 0 spiro atoms. The van der Waals surface area contributed by atoms with Crippen molar-refractivity contribution in [2.45, 2.75) is 12.6 Å². The smallest absolute Gasteiger partial charge is 0.159 e. The van der Waals surface area contributed by atoms with E-state index in [0.29, 0.717) is 11.3 Å². The Balaban J connectivity index is 2.37. The third-order valence-corrected chi connectivity index (χ3v) is 2.69. The molecule has 1 N–H and O–H groups in total. The van der Waals surface area contributed by atoms with Gasteiger partial charge < -0.3 is 5.11 Å². The topological polar surface area (TPSA) is 62.5 Å². The minimum absolute atomic E-state index is 0.218. The molecule has 0 fully saturated rings. The summed E-state index contributed by atoms with van der Waals surface area (Å²) in [5.74, 6) is -2.02. The van der Waals surface area contributed by atoms with Crippen molar-refractivity contribution in [1.29, 1.82) is 0 Å². The molecule has 98 valence electrons. The van der Waals surface area contributed by atoms with Gasteiger partial charge in [0, 0.05) is 11.8 Å². The Morgan fingerprint density at radius 2 is 1.89 bits per heavy atom. The number of hydrogen-bond acceptors (Lipinski definition) is 4. The number of aromatic nitrogens is 1. The van der Waals surface area contributed by atoms with Gasteiger partial charge in [-0.05, 0) is 23.8 Å². The number of nitroso groups, excluding NO2 is 1. The van der Waals surface area contributed by atoms with Gasteiger partial charge in [-0.25, -0.2) is 8.78 Å². The lowest BCUT2D eigenvalue weighted by Gasteiger charge is -2.10. The van der Waals surface area contributed by atoms with Crippen molar-refractivity contribution in [3.8, 4) is 0 Å². The fourth-order valence-corrected chi connectivity index (χ4v) is 1.69. The highest BCUT2D eigenvalue weighted by Crippen LogP contribution is 2.26. The zero-order valence-electron chi connectivity index (χ0n) is 9.75. The fraction of sp³-hybridized carbons (Fsp3) is 0.154. The van der Waals surface area contributed by atoms with Gasteiger partial charge in [0.25, 0.3) is 0 Å². The molecule has 0 radical (unpaired) electrons. The first-order valence-corrected chi connectivity index (χ1v) is 5.49. The summed E-state index contributed by atoms with van der Waals surface area (Å²) in [5.41, 5.74) is 1.13. The van der Waals surface area contributed by atoms with Crippen molar-refractivity contribution in [1.82, 2.24) is 4.98 Å². The molecule has 1 heterocycles. The number of halogens is 2. The molecule has 6 heteroatoms. The predicted octanol–water partition coefficient (Wildman–Crippen LogP) is 2.71. The average molecular weight is 264 g/mol. The van der Waals surface area contributed by atoms with E-state index >= 15 is 0 Å². The molecule has 0 saturated heterocycles. The molecule has 1 unspecified atom stereocenters. The van der Waals surface area contributed by atoms with Gasteiger partial charge in [0.15, 0.2) is 11.6 Å². The lowest BCUT2D eigenvalue weighted by atomic mass is 10.0. The van der Waals surface area contributed by atoms with Gasteiger partial charge in [-0.15, -0.1) is 4.91 Å². The van der Waals surface area contributed by atoms with Gasteiger partial charge in [-0.1, -0.05) is 17.3 Å². The van der Waals surface area contributed by atoms with Crippen LogP contribution in [0.15, 0.2) is 41.7 Å². The second-order valence-electron chi connectivity index (χ2n) is 3.92. The van der Waals surface area contributed by atoms with Crippen LogP contribution < -0.4 is 0 Å². The van der Waals surface area contributed by atoms with Gasteiger partial charge in [0.05, 0.1) is 12.3 Å². The van der Waals surface area contributed by atoms with E-state index in [1.807, 2.05) is 0 Å². The molecule has 0 aliphatic rings. The van der Waals surface area contributed by atoms with Crippen molar-refractivity contribution >= 4 is 0 Å².